The average molecular weight is 1000 g/mol. The summed E-state index contributed by atoms with van der Waals surface area (Å²) in [6.07, 6.45) is 39.4. The summed E-state index contributed by atoms with van der Waals surface area (Å²) < 4.78 is 33.7. The number of rotatable bonds is 48. The van der Waals surface area contributed by atoms with Gasteiger partial charge in [-0.1, -0.05) is 224 Å². The van der Waals surface area contributed by atoms with Gasteiger partial charge in [0.15, 0.2) is 6.10 Å². The third-order valence-corrected chi connectivity index (χ3v) is 14.3. The summed E-state index contributed by atoms with van der Waals surface area (Å²) in [6, 6.07) is 0. The van der Waals surface area contributed by atoms with E-state index in [2.05, 4.69) is 38.2 Å². The fraction of sp³-hybridized carbons (Fsp3) is 0.891. The van der Waals surface area contributed by atoms with E-state index in [9.17, 15) is 44.6 Å². The number of esters is 2. The second-order valence-corrected chi connectivity index (χ2v) is 21.2. The van der Waals surface area contributed by atoms with E-state index in [1.807, 2.05) is 0 Å². The van der Waals surface area contributed by atoms with Crippen LogP contribution in [0.5, 0.6) is 0 Å². The van der Waals surface area contributed by atoms with Crippen molar-refractivity contribution in [2.24, 2.45) is 0 Å². The highest BCUT2D eigenvalue weighted by molar-refractivity contribution is 7.47. The third kappa shape index (κ3) is 36.8. The van der Waals surface area contributed by atoms with Crippen LogP contribution >= 0.6 is 7.82 Å². The van der Waals surface area contributed by atoms with Crippen LogP contribution in [0.1, 0.15) is 258 Å². The minimum absolute atomic E-state index is 0.0910. The summed E-state index contributed by atoms with van der Waals surface area (Å²) in [7, 11) is -5.12. The Morgan fingerprint density at radius 2 is 0.783 bits per heavy atom. The second-order valence-electron chi connectivity index (χ2n) is 19.8. The predicted octanol–water partition coefficient (Wildman–Crippen LogP) is 12.7. The van der Waals surface area contributed by atoms with Crippen LogP contribution in [0, 0.1) is 0 Å². The van der Waals surface area contributed by atoms with Gasteiger partial charge in [0, 0.05) is 12.8 Å². The van der Waals surface area contributed by atoms with Gasteiger partial charge in [0.2, 0.25) is 0 Å². The van der Waals surface area contributed by atoms with Gasteiger partial charge in [-0.25, -0.2) is 4.57 Å². The molecule has 406 valence electrons. The molecule has 0 saturated heterocycles. The summed E-state index contributed by atoms with van der Waals surface area (Å²) in [5.74, 6) is -1.09. The average Bonchev–Trinajstić information content (AvgIpc) is 3.33. The van der Waals surface area contributed by atoms with E-state index in [0.717, 1.165) is 70.6 Å². The molecule has 6 N–H and O–H groups in total. The van der Waals surface area contributed by atoms with Crippen LogP contribution in [0.4, 0.5) is 0 Å². The monoisotopic (exact) mass is 1000 g/mol. The minimum Gasteiger partial charge on any atom is -0.462 e. The van der Waals surface area contributed by atoms with E-state index in [1.165, 1.54) is 148 Å². The Morgan fingerprint density at radius 3 is 1.19 bits per heavy atom. The Labute approximate surface area is 419 Å². The van der Waals surface area contributed by atoms with Crippen molar-refractivity contribution < 1.29 is 63.1 Å². The highest BCUT2D eigenvalue weighted by Crippen LogP contribution is 2.47. The Balaban J connectivity index is 2.34. The summed E-state index contributed by atoms with van der Waals surface area (Å²) in [5.41, 5.74) is 0. The van der Waals surface area contributed by atoms with Crippen molar-refractivity contribution in [3.63, 3.8) is 0 Å². The number of hydrogen-bond acceptors (Lipinski definition) is 12. The van der Waals surface area contributed by atoms with Crippen LogP contribution in [-0.2, 0) is 32.7 Å². The molecule has 14 heteroatoms. The van der Waals surface area contributed by atoms with E-state index in [-0.39, 0.29) is 12.8 Å². The zero-order valence-electron chi connectivity index (χ0n) is 43.6. The molecule has 1 aliphatic rings. The summed E-state index contributed by atoms with van der Waals surface area (Å²) in [6.45, 7) is 3.33. The third-order valence-electron chi connectivity index (χ3n) is 13.3. The molecule has 0 aromatic rings. The number of aliphatic hydroxyl groups excluding tert-OH is 5. The van der Waals surface area contributed by atoms with Gasteiger partial charge in [0.05, 0.1) is 6.61 Å². The van der Waals surface area contributed by atoms with Crippen molar-refractivity contribution in [3.05, 3.63) is 24.3 Å². The first-order valence-corrected chi connectivity index (χ1v) is 29.6. The molecule has 0 amide bonds. The topological polar surface area (TPSA) is 210 Å². The molecule has 1 aliphatic carbocycles. The van der Waals surface area contributed by atoms with Gasteiger partial charge in [-0.15, -0.1) is 0 Å². The molecular formula is C55H103O13P. The predicted molar refractivity (Wildman–Crippen MR) is 277 cm³/mol. The van der Waals surface area contributed by atoms with Crippen molar-refractivity contribution in [2.75, 3.05) is 13.2 Å². The molecule has 0 aliphatic heterocycles. The molecule has 1 saturated carbocycles. The lowest BCUT2D eigenvalue weighted by Gasteiger charge is -2.41. The van der Waals surface area contributed by atoms with Crippen molar-refractivity contribution in [1.82, 2.24) is 0 Å². The van der Waals surface area contributed by atoms with Crippen LogP contribution < -0.4 is 0 Å². The zero-order valence-corrected chi connectivity index (χ0v) is 44.5. The van der Waals surface area contributed by atoms with Gasteiger partial charge < -0.3 is 39.9 Å². The standard InChI is InChI=1S/C55H103O13P/c1-3-5-7-9-11-13-15-17-19-21-23-24-25-26-28-29-31-33-35-37-39-41-43-48(56)65-45-47(46-66-69(63,64)68-55-53(61)51(59)50(58)52(60)54(55)62)67-49(57)44-42-40-38-36-34-32-30-27-22-20-18-16-14-12-10-8-6-4-2/h14,16,20,22,47,50-55,58-62H,3-13,15,17-19,21,23-46H2,1-2H3,(H,63,64)/b16-14-,22-20-. The van der Waals surface area contributed by atoms with Crippen LogP contribution in [0.25, 0.3) is 0 Å². The number of hydrogen-bond donors (Lipinski definition) is 6. The molecule has 0 spiro atoms. The number of ether oxygens (including phenoxy) is 2. The molecule has 13 nitrogen and oxygen atoms in total. The van der Waals surface area contributed by atoms with Gasteiger partial charge in [0.1, 0.15) is 43.2 Å². The molecule has 69 heavy (non-hydrogen) atoms. The maximum atomic E-state index is 12.9. The minimum atomic E-state index is -5.12. The Hall–Kier alpha value is -1.67. The number of carbonyl (C=O) groups excluding carboxylic acids is 2. The van der Waals surface area contributed by atoms with Gasteiger partial charge in [-0.3, -0.25) is 18.6 Å². The molecule has 1 rings (SSSR count). The summed E-state index contributed by atoms with van der Waals surface area (Å²) >= 11 is 0. The SMILES string of the molecule is CCCCCC/C=C\C/C=C\CCCCCCCCCC(=O)OC(COC(=O)CCCCCCCCCCCCCCCCCCCCCCCC)COP(=O)(O)OC1C(O)C(O)C(O)C(O)C1O. The van der Waals surface area contributed by atoms with Gasteiger partial charge >= 0.3 is 19.8 Å². The quantitative estimate of drug-likeness (QED) is 0.0145. The van der Waals surface area contributed by atoms with Gasteiger partial charge in [-0.05, 0) is 44.9 Å². The van der Waals surface area contributed by atoms with Crippen LogP contribution in [0.2, 0.25) is 0 Å². The van der Waals surface area contributed by atoms with Crippen molar-refractivity contribution in [3.8, 4) is 0 Å². The van der Waals surface area contributed by atoms with E-state index >= 15 is 0 Å². The van der Waals surface area contributed by atoms with Crippen LogP contribution in [0.15, 0.2) is 24.3 Å². The van der Waals surface area contributed by atoms with E-state index in [0.29, 0.717) is 12.8 Å². The first-order valence-electron chi connectivity index (χ1n) is 28.1. The maximum absolute atomic E-state index is 12.9. The summed E-state index contributed by atoms with van der Waals surface area (Å²) in [4.78, 5) is 35.9. The molecule has 0 bridgehead atoms. The maximum Gasteiger partial charge on any atom is 0.472 e. The van der Waals surface area contributed by atoms with Gasteiger partial charge in [0.25, 0.3) is 0 Å². The highest BCUT2D eigenvalue weighted by atomic mass is 31.2. The van der Waals surface area contributed by atoms with Crippen LogP contribution in [0.3, 0.4) is 0 Å². The fourth-order valence-corrected chi connectivity index (χ4v) is 9.76. The number of allylic oxidation sites excluding steroid dienone is 4. The van der Waals surface area contributed by atoms with Gasteiger partial charge in [-0.2, -0.15) is 0 Å². The molecule has 0 heterocycles. The van der Waals surface area contributed by atoms with Crippen molar-refractivity contribution >= 4 is 19.8 Å². The lowest BCUT2D eigenvalue weighted by molar-refractivity contribution is -0.220. The Morgan fingerprint density at radius 1 is 0.449 bits per heavy atom. The molecule has 6 unspecified atom stereocenters. The lowest BCUT2D eigenvalue weighted by atomic mass is 9.85. The van der Waals surface area contributed by atoms with E-state index < -0.39 is 75.7 Å². The molecular weight excluding hydrogens is 900 g/mol. The number of phosphoric ester groups is 1. The van der Waals surface area contributed by atoms with Crippen molar-refractivity contribution in [2.45, 2.75) is 301 Å². The largest absolute Gasteiger partial charge is 0.472 e. The first-order chi connectivity index (χ1) is 33.4. The molecule has 1 fully saturated rings. The molecule has 0 aromatic heterocycles. The van der Waals surface area contributed by atoms with E-state index in [1.54, 1.807) is 0 Å². The number of phosphoric acid groups is 1. The van der Waals surface area contributed by atoms with Crippen molar-refractivity contribution in [1.29, 1.82) is 0 Å². The first kappa shape index (κ1) is 65.3. The Kier molecular flexibility index (Phi) is 42.6. The number of carbonyl (C=O) groups is 2. The normalized spacial score (nSPS) is 21.0. The number of aliphatic hydroxyl groups is 5. The molecule has 6 atom stereocenters. The van der Waals surface area contributed by atoms with Crippen LogP contribution in [-0.4, -0.2) is 98.3 Å². The molecule has 0 radical (unpaired) electrons. The lowest BCUT2D eigenvalue weighted by Crippen LogP contribution is -2.64. The highest BCUT2D eigenvalue weighted by Gasteiger charge is 2.51. The van der Waals surface area contributed by atoms with E-state index in [4.69, 9.17) is 18.5 Å². The fourth-order valence-electron chi connectivity index (χ4n) is 8.79. The number of unbranched alkanes of at least 4 members (excludes halogenated alkanes) is 32. The molecule has 0 aromatic carbocycles. The summed E-state index contributed by atoms with van der Waals surface area (Å²) in [5, 5.41) is 50.3. The Bertz CT molecular complexity index is 1300. The smallest absolute Gasteiger partial charge is 0.462 e. The second kappa shape index (κ2) is 45.0. The zero-order chi connectivity index (χ0) is 50.6.